The molecule has 4 heterocycles. The predicted molar refractivity (Wildman–Crippen MR) is 350 cm³/mol. The second kappa shape index (κ2) is 20.4. The van der Waals surface area contributed by atoms with E-state index in [9.17, 15) is 0 Å². The Labute approximate surface area is 486 Å². The molecule has 0 aliphatic heterocycles. The highest BCUT2D eigenvalue weighted by molar-refractivity contribution is 6.10. The summed E-state index contributed by atoms with van der Waals surface area (Å²) >= 11 is 0. The zero-order valence-corrected chi connectivity index (χ0v) is 46.3. The fourth-order valence-corrected chi connectivity index (χ4v) is 13.1. The van der Waals surface area contributed by atoms with Gasteiger partial charge in [-0.1, -0.05) is 164 Å². The standard InChI is InChI=1S/C79H56N2O3/c1-2-15-59(20-11-16-51-17-12-21-62(46-51)81-72-28-7-3-22-64(72)65-23-4-8-29-73(65)81)80(60-39-32-52(33-40-60)54-18-13-19-58(47-54)63-26-14-27-68-66-24-5-10-31-75(66)84-79(63)68)61-41-34-53(35-42-61)55-36-43-77-70(48-55)71-50-57(38-45-78(71)83-77)56-37-44-76-69(49-56)67-25-6-9-30-74(67)82-76/h2-3,5-8,10-15,17-22,24-29,31-50H,1,4,9,16,23,30H2/b20-11-,59-15+. The molecule has 0 saturated heterocycles. The minimum absolute atomic E-state index is 0.745. The molecular formula is C79H56N2O3. The Morgan fingerprint density at radius 2 is 1.08 bits per heavy atom. The molecule has 0 bridgehead atoms. The van der Waals surface area contributed by atoms with Crippen LogP contribution in [0.2, 0.25) is 0 Å². The zero-order chi connectivity index (χ0) is 55.7. The molecule has 84 heavy (non-hydrogen) atoms. The number of fused-ring (bicyclic) bond motifs is 12. The van der Waals surface area contributed by atoms with Crippen LogP contribution < -0.4 is 4.90 Å². The molecule has 4 aromatic heterocycles. The molecule has 16 rings (SSSR count). The van der Waals surface area contributed by atoms with Gasteiger partial charge in [-0.15, -0.1) is 0 Å². The van der Waals surface area contributed by atoms with Crippen molar-refractivity contribution in [2.24, 2.45) is 0 Å². The van der Waals surface area contributed by atoms with Crippen LogP contribution in [0.1, 0.15) is 41.0 Å². The number of nitrogens with zero attached hydrogens (tertiary/aromatic N) is 2. The van der Waals surface area contributed by atoms with Crippen molar-refractivity contribution >= 4 is 89.3 Å². The number of furan rings is 3. The maximum absolute atomic E-state index is 6.48. The molecule has 0 saturated carbocycles. The summed E-state index contributed by atoms with van der Waals surface area (Å²) in [5, 5.41) is 6.92. The van der Waals surface area contributed by atoms with Gasteiger partial charge in [-0.2, -0.15) is 0 Å². The molecule has 2 aliphatic carbocycles. The van der Waals surface area contributed by atoms with Crippen molar-refractivity contribution in [2.75, 3.05) is 4.90 Å². The zero-order valence-electron chi connectivity index (χ0n) is 46.3. The maximum Gasteiger partial charge on any atom is 0.143 e. The van der Waals surface area contributed by atoms with Gasteiger partial charge in [-0.05, 0) is 185 Å². The van der Waals surface area contributed by atoms with Gasteiger partial charge in [-0.3, -0.25) is 0 Å². The Hall–Kier alpha value is -10.6. The van der Waals surface area contributed by atoms with E-state index in [0.29, 0.717) is 0 Å². The van der Waals surface area contributed by atoms with Crippen LogP contribution in [-0.2, 0) is 19.3 Å². The normalized spacial score (nSPS) is 13.3. The van der Waals surface area contributed by atoms with Crippen molar-refractivity contribution in [3.63, 3.8) is 0 Å². The van der Waals surface area contributed by atoms with Gasteiger partial charge >= 0.3 is 0 Å². The van der Waals surface area contributed by atoms with Crippen molar-refractivity contribution in [3.05, 3.63) is 295 Å². The van der Waals surface area contributed by atoms with Crippen LogP contribution >= 0.6 is 0 Å². The SMILES string of the molecule is C=C/C=C(\C=C/Cc1cccc(-n2c3c(c4ccccc42)CCC=C3)c1)N(c1ccc(-c2cccc(-c3cccc4c3oc3ccccc34)c2)cc1)c1ccc(-c2ccc3oc4ccc(-c5ccc6oc7c(c6c5)C=CCC7)cc4c3c2)cc1. The third-order valence-electron chi connectivity index (χ3n) is 17.1. The molecule has 0 N–H and O–H groups in total. The van der Waals surface area contributed by atoms with E-state index in [1.807, 2.05) is 18.2 Å². The van der Waals surface area contributed by atoms with E-state index in [1.54, 1.807) is 0 Å². The summed E-state index contributed by atoms with van der Waals surface area (Å²) in [6.45, 7) is 4.23. The lowest BCUT2D eigenvalue weighted by Crippen LogP contribution is -2.15. The largest absolute Gasteiger partial charge is 0.460 e. The summed E-state index contributed by atoms with van der Waals surface area (Å²) in [5.41, 5.74) is 24.0. The average Bonchev–Trinajstić information content (AvgIpc) is 4.41. The van der Waals surface area contributed by atoms with Crippen LogP contribution in [0.15, 0.2) is 280 Å². The maximum atomic E-state index is 6.48. The molecule has 0 radical (unpaired) electrons. The summed E-state index contributed by atoms with van der Waals surface area (Å²) < 4.78 is 21.6. The lowest BCUT2D eigenvalue weighted by atomic mass is 9.97. The lowest BCUT2D eigenvalue weighted by molar-refractivity contribution is 0.546. The van der Waals surface area contributed by atoms with Crippen molar-refractivity contribution in [2.45, 2.75) is 32.1 Å². The third-order valence-corrected chi connectivity index (χ3v) is 17.1. The second-order valence-corrected chi connectivity index (χ2v) is 22.2. The molecule has 2 aliphatic rings. The van der Waals surface area contributed by atoms with E-state index < -0.39 is 0 Å². The Morgan fingerprint density at radius 3 is 1.86 bits per heavy atom. The highest BCUT2D eigenvalue weighted by Gasteiger charge is 2.21. The summed E-state index contributed by atoms with van der Waals surface area (Å²) in [6, 6.07) is 78.7. The van der Waals surface area contributed by atoms with Crippen LogP contribution in [-0.4, -0.2) is 4.57 Å². The van der Waals surface area contributed by atoms with Gasteiger partial charge in [0, 0.05) is 78.3 Å². The third kappa shape index (κ3) is 8.55. The molecule has 0 fully saturated rings. The molecule has 0 spiro atoms. The average molecular weight is 1080 g/mol. The summed E-state index contributed by atoms with van der Waals surface area (Å²) in [7, 11) is 0. The van der Waals surface area contributed by atoms with Crippen LogP contribution in [0.25, 0.3) is 128 Å². The Morgan fingerprint density at radius 1 is 0.476 bits per heavy atom. The Kier molecular flexibility index (Phi) is 12.0. The number of aromatic nitrogens is 1. The number of benzene rings is 10. The highest BCUT2D eigenvalue weighted by Crippen LogP contribution is 2.42. The van der Waals surface area contributed by atoms with Gasteiger partial charge in [0.1, 0.15) is 33.7 Å². The molecule has 10 aromatic carbocycles. The number of aryl methyl sites for hydroxylation is 2. The van der Waals surface area contributed by atoms with Crippen molar-refractivity contribution < 1.29 is 13.3 Å². The Balaban J connectivity index is 0.738. The topological polar surface area (TPSA) is 47.6 Å². The number of para-hydroxylation sites is 3. The molecule has 400 valence electrons. The van der Waals surface area contributed by atoms with E-state index in [4.69, 9.17) is 13.3 Å². The number of rotatable bonds is 12. The minimum Gasteiger partial charge on any atom is -0.460 e. The van der Waals surface area contributed by atoms with Crippen molar-refractivity contribution in [1.82, 2.24) is 4.57 Å². The van der Waals surface area contributed by atoms with Crippen LogP contribution in [0.3, 0.4) is 0 Å². The summed E-state index contributed by atoms with van der Waals surface area (Å²) in [4.78, 5) is 2.33. The van der Waals surface area contributed by atoms with Gasteiger partial charge in [0.25, 0.3) is 0 Å². The van der Waals surface area contributed by atoms with Gasteiger partial charge in [0.2, 0.25) is 0 Å². The van der Waals surface area contributed by atoms with E-state index in [0.717, 1.165) is 154 Å². The molecular weight excluding hydrogens is 1020 g/mol. The van der Waals surface area contributed by atoms with E-state index in [2.05, 4.69) is 265 Å². The molecule has 0 unspecified atom stereocenters. The number of hydrogen-bond donors (Lipinski definition) is 0. The summed E-state index contributed by atoms with van der Waals surface area (Å²) in [6.07, 6.45) is 22.4. The van der Waals surface area contributed by atoms with Crippen LogP contribution in [0.4, 0.5) is 11.4 Å². The van der Waals surface area contributed by atoms with Crippen molar-refractivity contribution in [3.8, 4) is 50.2 Å². The molecule has 0 atom stereocenters. The van der Waals surface area contributed by atoms with Gasteiger partial charge in [0.15, 0.2) is 0 Å². The number of anilines is 2. The van der Waals surface area contributed by atoms with Gasteiger partial charge in [0.05, 0.1) is 5.52 Å². The first kappa shape index (κ1) is 49.2. The highest BCUT2D eigenvalue weighted by atomic mass is 16.3. The van der Waals surface area contributed by atoms with E-state index in [1.165, 1.54) is 39.0 Å². The summed E-state index contributed by atoms with van der Waals surface area (Å²) in [5.74, 6) is 1.08. The fourth-order valence-electron chi connectivity index (χ4n) is 13.1. The quantitative estimate of drug-likeness (QED) is 0.114. The van der Waals surface area contributed by atoms with Crippen molar-refractivity contribution in [1.29, 1.82) is 0 Å². The first-order valence-corrected chi connectivity index (χ1v) is 29.1. The Bertz CT molecular complexity index is 5070. The first-order valence-electron chi connectivity index (χ1n) is 29.1. The molecule has 5 nitrogen and oxygen atoms in total. The van der Waals surface area contributed by atoms with E-state index >= 15 is 0 Å². The van der Waals surface area contributed by atoms with Gasteiger partial charge in [-0.25, -0.2) is 0 Å². The fraction of sp³-hybridized carbons (Fsp3) is 0.0633. The molecule has 0 amide bonds. The molecule has 14 aromatic rings. The monoisotopic (exact) mass is 1080 g/mol. The second-order valence-electron chi connectivity index (χ2n) is 22.2. The first-order chi connectivity index (χ1) is 41.6. The minimum atomic E-state index is 0.745. The van der Waals surface area contributed by atoms with E-state index in [-0.39, 0.29) is 0 Å². The number of hydrogen-bond acceptors (Lipinski definition) is 4. The predicted octanol–water partition coefficient (Wildman–Crippen LogP) is 21.8. The van der Waals surface area contributed by atoms with Crippen LogP contribution in [0, 0.1) is 0 Å². The smallest absolute Gasteiger partial charge is 0.143 e. The van der Waals surface area contributed by atoms with Crippen LogP contribution in [0.5, 0.6) is 0 Å². The van der Waals surface area contributed by atoms with Gasteiger partial charge < -0.3 is 22.7 Å². The molecule has 5 heteroatoms. The number of allylic oxidation sites excluding steroid dienone is 6. The lowest BCUT2D eigenvalue weighted by Gasteiger charge is -2.27.